The van der Waals surface area contributed by atoms with Crippen LogP contribution in [0.1, 0.15) is 31.8 Å². The molecule has 0 aliphatic carbocycles. The second-order valence-electron chi connectivity index (χ2n) is 6.82. The second-order valence-corrected chi connectivity index (χ2v) is 6.82. The molecule has 0 atom stereocenters. The Hall–Kier alpha value is -3.73. The first-order valence-electron chi connectivity index (χ1n) is 9.26. The van der Waals surface area contributed by atoms with E-state index in [4.69, 9.17) is 0 Å². The summed E-state index contributed by atoms with van der Waals surface area (Å²) >= 11 is 0. The fraction of sp³-hybridized carbons (Fsp3) is 0.125. The zero-order valence-corrected chi connectivity index (χ0v) is 16.4. The Morgan fingerprint density at radius 2 is 1.38 bits per heavy atom. The van der Waals surface area contributed by atoms with Gasteiger partial charge >= 0.3 is 0 Å². The minimum absolute atomic E-state index is 0.124. The van der Waals surface area contributed by atoms with Crippen LogP contribution in [0.3, 0.4) is 0 Å². The summed E-state index contributed by atoms with van der Waals surface area (Å²) in [6.45, 7) is 1.84. The average Bonchev–Trinajstić information content (AvgIpc) is 2.75. The van der Waals surface area contributed by atoms with Gasteiger partial charge in [0, 0.05) is 23.9 Å². The SMILES string of the molecule is Cc1ccc(NC(=O)CN(C)C(=O)c2ccccc2C(=O)c2ccccc2)cc1. The largest absolute Gasteiger partial charge is 0.332 e. The highest BCUT2D eigenvalue weighted by atomic mass is 16.2. The molecule has 0 aliphatic rings. The van der Waals surface area contributed by atoms with Gasteiger partial charge in [-0.2, -0.15) is 0 Å². The molecule has 146 valence electrons. The number of carbonyl (C=O) groups is 3. The van der Waals surface area contributed by atoms with E-state index in [0.717, 1.165) is 5.56 Å². The van der Waals surface area contributed by atoms with Crippen molar-refractivity contribution in [2.24, 2.45) is 0 Å². The number of hydrogen-bond acceptors (Lipinski definition) is 3. The molecule has 0 spiro atoms. The van der Waals surface area contributed by atoms with Gasteiger partial charge < -0.3 is 10.2 Å². The molecule has 0 radical (unpaired) electrons. The third kappa shape index (κ3) is 4.96. The predicted octanol–water partition coefficient (Wildman–Crippen LogP) is 3.94. The van der Waals surface area contributed by atoms with Gasteiger partial charge in [-0.3, -0.25) is 14.4 Å². The Balaban J connectivity index is 1.73. The lowest BCUT2D eigenvalue weighted by molar-refractivity contribution is -0.116. The standard InChI is InChI=1S/C24H22N2O3/c1-17-12-14-19(15-13-17)25-22(27)16-26(2)24(29)21-11-7-6-10-20(21)23(28)18-8-4-3-5-9-18/h3-15H,16H2,1-2H3,(H,25,27). The molecule has 0 saturated carbocycles. The van der Waals surface area contributed by atoms with E-state index in [1.165, 1.54) is 4.90 Å². The number of likely N-dealkylation sites (N-methyl/N-ethyl adjacent to an activating group) is 1. The van der Waals surface area contributed by atoms with Gasteiger partial charge in [0.15, 0.2) is 5.78 Å². The van der Waals surface area contributed by atoms with E-state index < -0.39 is 0 Å². The van der Waals surface area contributed by atoms with Crippen LogP contribution in [0.4, 0.5) is 5.69 Å². The molecule has 2 amide bonds. The number of anilines is 1. The van der Waals surface area contributed by atoms with E-state index in [9.17, 15) is 14.4 Å². The zero-order chi connectivity index (χ0) is 20.8. The monoisotopic (exact) mass is 386 g/mol. The molecule has 3 aromatic rings. The molecule has 3 rings (SSSR count). The minimum atomic E-state index is -0.385. The molecule has 5 heteroatoms. The lowest BCUT2D eigenvalue weighted by Gasteiger charge is -2.18. The molecule has 0 fully saturated rings. The number of benzene rings is 3. The molecule has 0 unspecified atom stereocenters. The van der Waals surface area contributed by atoms with Gasteiger partial charge in [-0.05, 0) is 25.1 Å². The van der Waals surface area contributed by atoms with Crippen LogP contribution >= 0.6 is 0 Å². The molecular formula is C24H22N2O3. The van der Waals surface area contributed by atoms with Crippen LogP contribution < -0.4 is 5.32 Å². The van der Waals surface area contributed by atoms with Crippen molar-refractivity contribution in [2.45, 2.75) is 6.92 Å². The van der Waals surface area contributed by atoms with E-state index in [0.29, 0.717) is 16.8 Å². The molecule has 1 N–H and O–H groups in total. The van der Waals surface area contributed by atoms with Crippen molar-refractivity contribution < 1.29 is 14.4 Å². The summed E-state index contributed by atoms with van der Waals surface area (Å²) in [5.74, 6) is -0.924. The van der Waals surface area contributed by atoms with Crippen molar-refractivity contribution in [1.82, 2.24) is 4.90 Å². The van der Waals surface area contributed by atoms with Crippen LogP contribution in [0, 0.1) is 6.92 Å². The van der Waals surface area contributed by atoms with E-state index in [-0.39, 0.29) is 29.7 Å². The minimum Gasteiger partial charge on any atom is -0.332 e. The smallest absolute Gasteiger partial charge is 0.254 e. The lowest BCUT2D eigenvalue weighted by Crippen LogP contribution is -2.35. The average molecular weight is 386 g/mol. The normalized spacial score (nSPS) is 10.3. The number of hydrogen-bond donors (Lipinski definition) is 1. The fourth-order valence-electron chi connectivity index (χ4n) is 2.94. The third-order valence-corrected chi connectivity index (χ3v) is 4.50. The topological polar surface area (TPSA) is 66.5 Å². The van der Waals surface area contributed by atoms with E-state index in [1.54, 1.807) is 55.6 Å². The predicted molar refractivity (Wildman–Crippen MR) is 113 cm³/mol. The van der Waals surface area contributed by atoms with Crippen LogP contribution in [-0.4, -0.2) is 36.1 Å². The molecule has 0 aliphatic heterocycles. The van der Waals surface area contributed by atoms with Crippen molar-refractivity contribution in [3.63, 3.8) is 0 Å². The van der Waals surface area contributed by atoms with Gasteiger partial charge in [0.05, 0.1) is 12.1 Å². The summed E-state index contributed by atoms with van der Waals surface area (Å²) in [6.07, 6.45) is 0. The van der Waals surface area contributed by atoms with Crippen LogP contribution in [0.2, 0.25) is 0 Å². The van der Waals surface area contributed by atoms with Gasteiger partial charge in [0.25, 0.3) is 5.91 Å². The maximum atomic E-state index is 12.9. The first-order valence-corrected chi connectivity index (χ1v) is 9.26. The Morgan fingerprint density at radius 1 is 0.793 bits per heavy atom. The van der Waals surface area contributed by atoms with Crippen molar-refractivity contribution in [1.29, 1.82) is 0 Å². The van der Waals surface area contributed by atoms with Crippen molar-refractivity contribution >= 4 is 23.3 Å². The van der Waals surface area contributed by atoms with Gasteiger partial charge in [-0.15, -0.1) is 0 Å². The Kier molecular flexibility index (Phi) is 6.19. The highest BCUT2D eigenvalue weighted by Crippen LogP contribution is 2.16. The van der Waals surface area contributed by atoms with Crippen molar-refractivity contribution in [3.8, 4) is 0 Å². The zero-order valence-electron chi connectivity index (χ0n) is 16.4. The number of rotatable bonds is 6. The van der Waals surface area contributed by atoms with E-state index in [2.05, 4.69) is 5.32 Å². The summed E-state index contributed by atoms with van der Waals surface area (Å²) < 4.78 is 0. The van der Waals surface area contributed by atoms with Gasteiger partial charge in [0.2, 0.25) is 5.91 Å². The first-order chi connectivity index (χ1) is 14.0. The fourth-order valence-corrected chi connectivity index (χ4v) is 2.94. The second kappa shape index (κ2) is 8.97. The highest BCUT2D eigenvalue weighted by molar-refractivity contribution is 6.15. The molecule has 0 heterocycles. The molecule has 0 aromatic heterocycles. The maximum Gasteiger partial charge on any atom is 0.254 e. The molecule has 3 aromatic carbocycles. The number of nitrogens with one attached hydrogen (secondary N) is 1. The van der Waals surface area contributed by atoms with Crippen molar-refractivity contribution in [3.05, 3.63) is 101 Å². The number of nitrogens with zero attached hydrogens (tertiary/aromatic N) is 1. The Labute approximate surface area is 170 Å². The number of amides is 2. The number of carbonyl (C=O) groups excluding carboxylic acids is 3. The summed E-state index contributed by atoms with van der Waals surface area (Å²) in [7, 11) is 1.54. The van der Waals surface area contributed by atoms with E-state index >= 15 is 0 Å². The van der Waals surface area contributed by atoms with Gasteiger partial charge in [-0.1, -0.05) is 66.2 Å². The lowest BCUT2D eigenvalue weighted by atomic mass is 9.97. The summed E-state index contributed by atoms with van der Waals surface area (Å²) in [4.78, 5) is 39.4. The number of aryl methyl sites for hydroxylation is 1. The summed E-state index contributed by atoms with van der Waals surface area (Å²) in [6, 6.07) is 22.9. The molecule has 0 bridgehead atoms. The summed E-state index contributed by atoms with van der Waals surface area (Å²) in [5.41, 5.74) is 2.85. The first kappa shape index (κ1) is 20.0. The molecular weight excluding hydrogens is 364 g/mol. The quantitative estimate of drug-likeness (QED) is 0.653. The van der Waals surface area contributed by atoms with E-state index in [1.807, 2.05) is 37.3 Å². The molecule has 0 saturated heterocycles. The Morgan fingerprint density at radius 3 is 2.03 bits per heavy atom. The highest BCUT2D eigenvalue weighted by Gasteiger charge is 2.21. The molecule has 29 heavy (non-hydrogen) atoms. The van der Waals surface area contributed by atoms with Gasteiger partial charge in [0.1, 0.15) is 0 Å². The Bertz CT molecular complexity index is 1030. The number of ketones is 1. The van der Waals surface area contributed by atoms with Crippen LogP contribution in [-0.2, 0) is 4.79 Å². The maximum absolute atomic E-state index is 12.9. The molecule has 5 nitrogen and oxygen atoms in total. The van der Waals surface area contributed by atoms with Crippen LogP contribution in [0.5, 0.6) is 0 Å². The van der Waals surface area contributed by atoms with Crippen LogP contribution in [0.15, 0.2) is 78.9 Å². The van der Waals surface area contributed by atoms with Gasteiger partial charge in [-0.25, -0.2) is 0 Å². The third-order valence-electron chi connectivity index (χ3n) is 4.50. The van der Waals surface area contributed by atoms with Crippen molar-refractivity contribution in [2.75, 3.05) is 18.9 Å². The van der Waals surface area contributed by atoms with Crippen LogP contribution in [0.25, 0.3) is 0 Å². The summed E-state index contributed by atoms with van der Waals surface area (Å²) in [5, 5.41) is 2.77.